The molecule has 4 heteroatoms. The van der Waals surface area contributed by atoms with Gasteiger partial charge in [0.2, 0.25) is 5.91 Å². The Kier molecular flexibility index (Phi) is 7.30. The highest BCUT2D eigenvalue weighted by Crippen LogP contribution is 2.31. The molecule has 1 aliphatic rings. The van der Waals surface area contributed by atoms with Crippen LogP contribution < -0.4 is 5.32 Å². The van der Waals surface area contributed by atoms with Crippen LogP contribution in [0.3, 0.4) is 0 Å². The van der Waals surface area contributed by atoms with Gasteiger partial charge in [-0.25, -0.2) is 0 Å². The maximum absolute atomic E-state index is 13.5. The van der Waals surface area contributed by atoms with Gasteiger partial charge < -0.3 is 10.2 Å². The lowest BCUT2D eigenvalue weighted by molar-refractivity contribution is -0.131. The van der Waals surface area contributed by atoms with Crippen molar-refractivity contribution in [1.29, 1.82) is 0 Å². The molecule has 1 unspecified atom stereocenters. The molecule has 2 aromatic rings. The second kappa shape index (κ2) is 9.92. The number of hydrogen-bond acceptors (Lipinski definition) is 2. The van der Waals surface area contributed by atoms with Crippen molar-refractivity contribution in [3.63, 3.8) is 0 Å². The second-order valence-corrected chi connectivity index (χ2v) is 8.92. The summed E-state index contributed by atoms with van der Waals surface area (Å²) in [6.07, 6.45) is 4.01. The fourth-order valence-corrected chi connectivity index (χ4v) is 4.16. The Balaban J connectivity index is 1.80. The van der Waals surface area contributed by atoms with E-state index < -0.39 is 5.54 Å². The number of rotatable bonds is 8. The van der Waals surface area contributed by atoms with Crippen molar-refractivity contribution in [2.45, 2.75) is 58.4 Å². The average Bonchev–Trinajstić information content (AvgIpc) is 2.85. The van der Waals surface area contributed by atoms with E-state index in [1.807, 2.05) is 54.3 Å². The number of amides is 2. The van der Waals surface area contributed by atoms with Gasteiger partial charge in [0.15, 0.2) is 0 Å². The summed E-state index contributed by atoms with van der Waals surface area (Å²) in [5.74, 6) is 0.460. The fourth-order valence-electron chi connectivity index (χ4n) is 4.16. The van der Waals surface area contributed by atoms with E-state index in [0.717, 1.165) is 36.8 Å². The van der Waals surface area contributed by atoms with Crippen LogP contribution in [-0.2, 0) is 17.6 Å². The normalized spacial score (nSPS) is 18.8. The number of fused-ring (bicyclic) bond motifs is 1. The maximum atomic E-state index is 13.5. The van der Waals surface area contributed by atoms with Crippen molar-refractivity contribution >= 4 is 11.8 Å². The highest BCUT2D eigenvalue weighted by Gasteiger charge is 2.44. The van der Waals surface area contributed by atoms with E-state index >= 15 is 0 Å². The third-order valence-corrected chi connectivity index (χ3v) is 6.16. The molecule has 1 heterocycles. The second-order valence-electron chi connectivity index (χ2n) is 8.92. The average molecular weight is 407 g/mol. The summed E-state index contributed by atoms with van der Waals surface area (Å²) in [4.78, 5) is 28.6. The number of nitrogens with one attached hydrogen (secondary N) is 1. The monoisotopic (exact) mass is 406 g/mol. The zero-order chi connectivity index (χ0) is 21.6. The molecule has 30 heavy (non-hydrogen) atoms. The van der Waals surface area contributed by atoms with E-state index in [1.165, 1.54) is 5.56 Å². The number of aryl methyl sites for hydroxylation is 2. The van der Waals surface area contributed by atoms with Gasteiger partial charge in [-0.2, -0.15) is 0 Å². The minimum atomic E-state index is -0.843. The minimum absolute atomic E-state index is 0.0299. The van der Waals surface area contributed by atoms with Gasteiger partial charge in [0.25, 0.3) is 5.91 Å². The van der Waals surface area contributed by atoms with Gasteiger partial charge in [0, 0.05) is 18.7 Å². The van der Waals surface area contributed by atoms with Gasteiger partial charge in [-0.05, 0) is 62.1 Å². The first-order chi connectivity index (χ1) is 14.4. The molecule has 1 aliphatic heterocycles. The highest BCUT2D eigenvalue weighted by molar-refractivity contribution is 6.00. The molecular formula is C26H34N2O2. The molecule has 0 spiro atoms. The number of carbonyl (C=O) groups is 2. The summed E-state index contributed by atoms with van der Waals surface area (Å²) in [6, 6.07) is 18.1. The van der Waals surface area contributed by atoms with Gasteiger partial charge in [0.1, 0.15) is 5.54 Å². The lowest BCUT2D eigenvalue weighted by Gasteiger charge is -2.39. The Morgan fingerprint density at radius 3 is 2.53 bits per heavy atom. The molecule has 2 amide bonds. The van der Waals surface area contributed by atoms with Crippen LogP contribution in [0.5, 0.6) is 0 Å². The third-order valence-electron chi connectivity index (χ3n) is 6.16. The summed E-state index contributed by atoms with van der Waals surface area (Å²) in [5.41, 5.74) is 2.18. The predicted molar refractivity (Wildman–Crippen MR) is 121 cm³/mol. The predicted octanol–water partition coefficient (Wildman–Crippen LogP) is 4.63. The van der Waals surface area contributed by atoms with Gasteiger partial charge in [-0.1, -0.05) is 62.4 Å². The quantitative estimate of drug-likeness (QED) is 0.695. The van der Waals surface area contributed by atoms with Crippen LogP contribution >= 0.6 is 0 Å². The molecule has 0 aromatic heterocycles. The summed E-state index contributed by atoms with van der Waals surface area (Å²) >= 11 is 0. The Hall–Kier alpha value is -2.62. The molecule has 0 saturated carbocycles. The van der Waals surface area contributed by atoms with E-state index in [9.17, 15) is 9.59 Å². The molecule has 3 rings (SSSR count). The molecule has 4 nitrogen and oxygen atoms in total. The van der Waals surface area contributed by atoms with Crippen LogP contribution in [0.25, 0.3) is 0 Å². The van der Waals surface area contributed by atoms with Gasteiger partial charge in [-0.15, -0.1) is 0 Å². The number of nitrogens with zero attached hydrogens (tertiary/aromatic N) is 1. The van der Waals surface area contributed by atoms with Crippen LogP contribution in [0.1, 0.15) is 61.5 Å². The van der Waals surface area contributed by atoms with Crippen LogP contribution in [0, 0.1) is 5.92 Å². The summed E-state index contributed by atoms with van der Waals surface area (Å²) in [7, 11) is 0. The lowest BCUT2D eigenvalue weighted by Crippen LogP contribution is -2.59. The van der Waals surface area contributed by atoms with E-state index in [2.05, 4.69) is 31.3 Å². The van der Waals surface area contributed by atoms with Gasteiger partial charge >= 0.3 is 0 Å². The van der Waals surface area contributed by atoms with Crippen molar-refractivity contribution < 1.29 is 9.59 Å². The first-order valence-electron chi connectivity index (χ1n) is 11.1. The molecular weight excluding hydrogens is 372 g/mol. The molecule has 2 aromatic carbocycles. The first-order valence-corrected chi connectivity index (χ1v) is 11.1. The highest BCUT2D eigenvalue weighted by atomic mass is 16.2. The van der Waals surface area contributed by atoms with Crippen molar-refractivity contribution in [3.05, 3.63) is 71.3 Å². The Morgan fingerprint density at radius 2 is 1.80 bits per heavy atom. The summed E-state index contributed by atoms with van der Waals surface area (Å²) in [5, 5.41) is 3.10. The number of hydrogen-bond donors (Lipinski definition) is 1. The van der Waals surface area contributed by atoms with Crippen molar-refractivity contribution in [2.24, 2.45) is 5.92 Å². The van der Waals surface area contributed by atoms with Crippen molar-refractivity contribution in [1.82, 2.24) is 10.2 Å². The molecule has 0 saturated heterocycles. The topological polar surface area (TPSA) is 49.4 Å². The van der Waals surface area contributed by atoms with Crippen molar-refractivity contribution in [3.8, 4) is 0 Å². The van der Waals surface area contributed by atoms with E-state index in [4.69, 9.17) is 0 Å². The number of carbonyl (C=O) groups excluding carboxylic acids is 2. The summed E-state index contributed by atoms with van der Waals surface area (Å²) in [6.45, 7) is 7.44. The Morgan fingerprint density at radius 1 is 1.10 bits per heavy atom. The standard InChI is InChI=1S/C26H34N2O2/c1-20(2)16-18-27-25(30)26(3)17-15-22-13-7-8-14-23(22)24(29)28(26)19-9-12-21-10-5-4-6-11-21/h4-8,10-11,13-14,20H,9,12,15-19H2,1-3H3,(H,27,30). The SMILES string of the molecule is CC(C)CCNC(=O)C1(C)CCc2ccccc2C(=O)N1CCCc1ccccc1. The van der Waals surface area contributed by atoms with Crippen LogP contribution in [-0.4, -0.2) is 35.3 Å². The Bertz CT molecular complexity index is 862. The number of benzene rings is 2. The molecule has 0 bridgehead atoms. The molecule has 0 aliphatic carbocycles. The van der Waals surface area contributed by atoms with Crippen LogP contribution in [0.2, 0.25) is 0 Å². The van der Waals surface area contributed by atoms with Crippen molar-refractivity contribution in [2.75, 3.05) is 13.1 Å². The molecule has 0 fully saturated rings. The molecule has 1 atom stereocenters. The minimum Gasteiger partial charge on any atom is -0.354 e. The zero-order valence-corrected chi connectivity index (χ0v) is 18.5. The van der Waals surface area contributed by atoms with Crippen LogP contribution in [0.4, 0.5) is 0 Å². The fraction of sp³-hybridized carbons (Fsp3) is 0.462. The molecule has 160 valence electrons. The van der Waals surface area contributed by atoms with Gasteiger partial charge in [-0.3, -0.25) is 9.59 Å². The Labute approximate surface area is 180 Å². The maximum Gasteiger partial charge on any atom is 0.255 e. The molecule has 1 N–H and O–H groups in total. The zero-order valence-electron chi connectivity index (χ0n) is 18.5. The van der Waals surface area contributed by atoms with Crippen LogP contribution in [0.15, 0.2) is 54.6 Å². The van der Waals surface area contributed by atoms with E-state index in [1.54, 1.807) is 0 Å². The summed E-state index contributed by atoms with van der Waals surface area (Å²) < 4.78 is 0. The largest absolute Gasteiger partial charge is 0.354 e. The lowest BCUT2D eigenvalue weighted by atomic mass is 9.91. The van der Waals surface area contributed by atoms with Gasteiger partial charge in [0.05, 0.1) is 0 Å². The smallest absolute Gasteiger partial charge is 0.255 e. The third kappa shape index (κ3) is 5.10. The van der Waals surface area contributed by atoms with E-state index in [0.29, 0.717) is 25.4 Å². The first kappa shape index (κ1) is 22.1. The molecule has 0 radical (unpaired) electrons. The van der Waals surface area contributed by atoms with E-state index in [-0.39, 0.29) is 11.8 Å².